The van der Waals surface area contributed by atoms with Crippen LogP contribution in [0.4, 0.5) is 0 Å². The van der Waals surface area contributed by atoms with Crippen LogP contribution in [-0.2, 0) is 0 Å². The maximum atomic E-state index is 5.94. The number of rotatable bonds is 5. The Balaban J connectivity index is 2.43. The van der Waals surface area contributed by atoms with E-state index in [-0.39, 0.29) is 0 Å². The van der Waals surface area contributed by atoms with Crippen LogP contribution in [0.25, 0.3) is 0 Å². The molecule has 2 nitrogen and oxygen atoms in total. The molecular weight excluding hydrogens is 208 g/mol. The van der Waals surface area contributed by atoms with Crippen LogP contribution in [0.15, 0.2) is 24.3 Å². The van der Waals surface area contributed by atoms with Gasteiger partial charge < -0.3 is 10.2 Å². The molecule has 84 valence electrons. The van der Waals surface area contributed by atoms with Crippen LogP contribution in [0.1, 0.15) is 18.5 Å². The topological polar surface area (TPSA) is 15.3 Å². The molecule has 0 radical (unpaired) electrons. The molecule has 0 fully saturated rings. The van der Waals surface area contributed by atoms with E-state index in [2.05, 4.69) is 37.3 Å². The van der Waals surface area contributed by atoms with Gasteiger partial charge in [-0.3, -0.25) is 0 Å². The molecule has 1 N–H and O–H groups in total. The Kier molecular flexibility index (Phi) is 5.09. The molecule has 0 unspecified atom stereocenters. The summed E-state index contributed by atoms with van der Waals surface area (Å²) in [6.07, 6.45) is 0. The summed E-state index contributed by atoms with van der Waals surface area (Å²) in [5.41, 5.74) is 1.24. The van der Waals surface area contributed by atoms with Gasteiger partial charge in [-0.1, -0.05) is 23.7 Å². The second-order valence-electron chi connectivity index (χ2n) is 4.03. The highest BCUT2D eigenvalue weighted by Gasteiger charge is 2.04. The van der Waals surface area contributed by atoms with E-state index in [9.17, 15) is 0 Å². The molecule has 1 aromatic carbocycles. The third kappa shape index (κ3) is 4.65. The van der Waals surface area contributed by atoms with Crippen molar-refractivity contribution in [1.82, 2.24) is 10.2 Å². The van der Waals surface area contributed by atoms with Crippen molar-refractivity contribution in [1.29, 1.82) is 0 Å². The lowest BCUT2D eigenvalue weighted by Crippen LogP contribution is -2.28. The standard InChI is InChI=1S/C12H19ClN2/c1-10(14-7-8-15(2)3)11-5-4-6-12(13)9-11/h4-6,9-10,14H,7-8H2,1-3H3/t10-/m1/s1. The van der Waals surface area contributed by atoms with Gasteiger partial charge in [-0.15, -0.1) is 0 Å². The van der Waals surface area contributed by atoms with Gasteiger partial charge in [0.25, 0.3) is 0 Å². The van der Waals surface area contributed by atoms with Gasteiger partial charge in [-0.2, -0.15) is 0 Å². The summed E-state index contributed by atoms with van der Waals surface area (Å²) < 4.78 is 0. The highest BCUT2D eigenvalue weighted by atomic mass is 35.5. The first-order chi connectivity index (χ1) is 7.09. The first kappa shape index (κ1) is 12.5. The van der Waals surface area contributed by atoms with E-state index in [1.165, 1.54) is 5.56 Å². The molecule has 1 atom stereocenters. The maximum Gasteiger partial charge on any atom is 0.0409 e. The van der Waals surface area contributed by atoms with Gasteiger partial charge >= 0.3 is 0 Å². The van der Waals surface area contributed by atoms with E-state index in [1.54, 1.807) is 0 Å². The van der Waals surface area contributed by atoms with Crippen LogP contribution in [0.5, 0.6) is 0 Å². The normalized spacial score (nSPS) is 13.1. The molecule has 15 heavy (non-hydrogen) atoms. The number of likely N-dealkylation sites (N-methyl/N-ethyl adjacent to an activating group) is 1. The predicted molar refractivity (Wildman–Crippen MR) is 66.4 cm³/mol. The maximum absolute atomic E-state index is 5.94. The predicted octanol–water partition coefficient (Wildman–Crippen LogP) is 2.55. The highest BCUT2D eigenvalue weighted by molar-refractivity contribution is 6.30. The van der Waals surface area contributed by atoms with Crippen molar-refractivity contribution in [2.45, 2.75) is 13.0 Å². The highest BCUT2D eigenvalue weighted by Crippen LogP contribution is 2.16. The lowest BCUT2D eigenvalue weighted by atomic mass is 10.1. The van der Waals surface area contributed by atoms with E-state index < -0.39 is 0 Å². The van der Waals surface area contributed by atoms with Gasteiger partial charge in [-0.05, 0) is 38.7 Å². The molecule has 0 aromatic heterocycles. The van der Waals surface area contributed by atoms with Crippen molar-refractivity contribution in [2.24, 2.45) is 0 Å². The van der Waals surface area contributed by atoms with E-state index in [1.807, 2.05) is 18.2 Å². The molecule has 0 aliphatic carbocycles. The third-order valence-corrected chi connectivity index (χ3v) is 2.59. The largest absolute Gasteiger partial charge is 0.309 e. The molecule has 0 amide bonds. The Morgan fingerprint density at radius 3 is 2.73 bits per heavy atom. The number of nitrogens with zero attached hydrogens (tertiary/aromatic N) is 1. The molecule has 0 aliphatic heterocycles. The molecule has 0 spiro atoms. The van der Waals surface area contributed by atoms with Crippen molar-refractivity contribution >= 4 is 11.6 Å². The molecule has 1 aromatic rings. The number of nitrogens with one attached hydrogen (secondary N) is 1. The minimum atomic E-state index is 0.351. The van der Waals surface area contributed by atoms with Gasteiger partial charge in [0.15, 0.2) is 0 Å². The summed E-state index contributed by atoms with van der Waals surface area (Å²) in [7, 11) is 4.15. The van der Waals surface area contributed by atoms with Gasteiger partial charge in [0.1, 0.15) is 0 Å². The molecule has 0 saturated heterocycles. The minimum absolute atomic E-state index is 0.351. The van der Waals surface area contributed by atoms with Crippen LogP contribution >= 0.6 is 11.6 Å². The van der Waals surface area contributed by atoms with Gasteiger partial charge in [0, 0.05) is 24.2 Å². The van der Waals surface area contributed by atoms with Crippen molar-refractivity contribution in [3.63, 3.8) is 0 Å². The molecule has 0 aliphatic rings. The van der Waals surface area contributed by atoms with Crippen molar-refractivity contribution in [3.8, 4) is 0 Å². The molecular formula is C12H19ClN2. The average Bonchev–Trinajstić information content (AvgIpc) is 2.17. The zero-order valence-corrected chi connectivity index (χ0v) is 10.4. The van der Waals surface area contributed by atoms with Crippen LogP contribution in [0.3, 0.4) is 0 Å². The van der Waals surface area contributed by atoms with Crippen molar-refractivity contribution < 1.29 is 0 Å². The van der Waals surface area contributed by atoms with Crippen molar-refractivity contribution in [2.75, 3.05) is 27.2 Å². The number of benzene rings is 1. The van der Waals surface area contributed by atoms with E-state index in [4.69, 9.17) is 11.6 Å². The average molecular weight is 227 g/mol. The first-order valence-corrected chi connectivity index (χ1v) is 5.61. The quantitative estimate of drug-likeness (QED) is 0.830. The lowest BCUT2D eigenvalue weighted by Gasteiger charge is -2.16. The second kappa shape index (κ2) is 6.11. The zero-order chi connectivity index (χ0) is 11.3. The summed E-state index contributed by atoms with van der Waals surface area (Å²) in [6, 6.07) is 8.34. The van der Waals surface area contributed by atoms with Gasteiger partial charge in [0.05, 0.1) is 0 Å². The second-order valence-corrected chi connectivity index (χ2v) is 4.47. The smallest absolute Gasteiger partial charge is 0.0409 e. The number of hydrogen-bond donors (Lipinski definition) is 1. The summed E-state index contributed by atoms with van der Waals surface area (Å²) >= 11 is 5.94. The molecule has 0 saturated carbocycles. The molecule has 3 heteroatoms. The Bertz CT molecular complexity index is 299. The summed E-state index contributed by atoms with van der Waals surface area (Å²) in [4.78, 5) is 2.16. The van der Waals surface area contributed by atoms with Crippen LogP contribution in [-0.4, -0.2) is 32.1 Å². The van der Waals surface area contributed by atoms with Crippen LogP contribution in [0, 0.1) is 0 Å². The molecule has 1 rings (SSSR count). The number of hydrogen-bond acceptors (Lipinski definition) is 2. The van der Waals surface area contributed by atoms with Crippen LogP contribution in [0.2, 0.25) is 5.02 Å². The van der Waals surface area contributed by atoms with Gasteiger partial charge in [0.2, 0.25) is 0 Å². The fraction of sp³-hybridized carbons (Fsp3) is 0.500. The zero-order valence-electron chi connectivity index (χ0n) is 9.63. The fourth-order valence-electron chi connectivity index (χ4n) is 1.40. The van der Waals surface area contributed by atoms with E-state index in [0.717, 1.165) is 18.1 Å². The monoisotopic (exact) mass is 226 g/mol. The molecule has 0 heterocycles. The molecule has 0 bridgehead atoms. The first-order valence-electron chi connectivity index (χ1n) is 5.23. The van der Waals surface area contributed by atoms with E-state index >= 15 is 0 Å². The Morgan fingerprint density at radius 1 is 1.40 bits per heavy atom. The van der Waals surface area contributed by atoms with Crippen molar-refractivity contribution in [3.05, 3.63) is 34.9 Å². The third-order valence-electron chi connectivity index (χ3n) is 2.36. The summed E-state index contributed by atoms with van der Waals surface area (Å²) in [5.74, 6) is 0. The summed E-state index contributed by atoms with van der Waals surface area (Å²) in [6.45, 7) is 4.19. The Hall–Kier alpha value is -0.570. The van der Waals surface area contributed by atoms with Crippen LogP contribution < -0.4 is 5.32 Å². The fourth-order valence-corrected chi connectivity index (χ4v) is 1.60. The van der Waals surface area contributed by atoms with E-state index in [0.29, 0.717) is 6.04 Å². The number of halogens is 1. The Labute approximate surface area is 97.2 Å². The minimum Gasteiger partial charge on any atom is -0.309 e. The summed E-state index contributed by atoms with van der Waals surface area (Å²) in [5, 5.41) is 4.26. The SMILES string of the molecule is C[C@@H](NCCN(C)C)c1cccc(Cl)c1. The lowest BCUT2D eigenvalue weighted by molar-refractivity contribution is 0.389. The van der Waals surface area contributed by atoms with Gasteiger partial charge in [-0.25, -0.2) is 0 Å². The Morgan fingerprint density at radius 2 is 2.13 bits per heavy atom.